The van der Waals surface area contributed by atoms with E-state index < -0.39 is 0 Å². The van der Waals surface area contributed by atoms with Crippen molar-refractivity contribution in [3.8, 4) is 11.5 Å². The van der Waals surface area contributed by atoms with Crippen LogP contribution in [0.25, 0.3) is 0 Å². The van der Waals surface area contributed by atoms with Crippen LogP contribution in [0.1, 0.15) is 0 Å². The average molecular weight is 212 g/mol. The van der Waals surface area contributed by atoms with E-state index in [1.165, 1.54) is 0 Å². The molecular weight excluding hydrogens is 199 g/mol. The highest BCUT2D eigenvalue weighted by atomic mass is 16.5. The van der Waals surface area contributed by atoms with E-state index in [0.717, 1.165) is 22.8 Å². The van der Waals surface area contributed by atoms with Gasteiger partial charge >= 0.3 is 0 Å². The number of ether oxygens (including phenoxy) is 1. The zero-order valence-corrected chi connectivity index (χ0v) is 9.40. The standard InChI is InChI=1S/C12H13BN2O/c1-14-12-11(7-9(13)8-15-12)16-10-5-3-2-4-6-10/h2-8H,13H2,1H3,(H,14,15). The molecule has 0 amide bonds. The van der Waals surface area contributed by atoms with Crippen molar-refractivity contribution in [2.24, 2.45) is 0 Å². The van der Waals surface area contributed by atoms with Gasteiger partial charge < -0.3 is 10.1 Å². The Kier molecular flexibility index (Phi) is 3.10. The fourth-order valence-corrected chi connectivity index (χ4v) is 1.42. The van der Waals surface area contributed by atoms with Crippen molar-refractivity contribution in [2.45, 2.75) is 0 Å². The molecular formula is C12H13BN2O. The molecule has 80 valence electrons. The second-order valence-corrected chi connectivity index (χ2v) is 3.52. The van der Waals surface area contributed by atoms with Crippen LogP contribution in [-0.2, 0) is 0 Å². The molecule has 2 aromatic rings. The molecule has 2 rings (SSSR count). The van der Waals surface area contributed by atoms with Crippen LogP contribution >= 0.6 is 0 Å². The molecule has 1 heterocycles. The summed E-state index contributed by atoms with van der Waals surface area (Å²) in [7, 11) is 3.82. The van der Waals surface area contributed by atoms with Crippen molar-refractivity contribution in [1.29, 1.82) is 0 Å². The Morgan fingerprint density at radius 1 is 1.25 bits per heavy atom. The fraction of sp³-hybridized carbons (Fsp3) is 0.0833. The zero-order chi connectivity index (χ0) is 11.4. The summed E-state index contributed by atoms with van der Waals surface area (Å²) in [5, 5.41) is 3.01. The van der Waals surface area contributed by atoms with Gasteiger partial charge in [0.05, 0.1) is 0 Å². The Hall–Kier alpha value is -1.97. The second kappa shape index (κ2) is 4.70. The maximum Gasteiger partial charge on any atom is 0.169 e. The fourth-order valence-electron chi connectivity index (χ4n) is 1.42. The van der Waals surface area contributed by atoms with Crippen molar-refractivity contribution in [1.82, 2.24) is 4.98 Å². The zero-order valence-electron chi connectivity index (χ0n) is 9.40. The number of nitrogens with zero attached hydrogens (tertiary/aromatic N) is 1. The monoisotopic (exact) mass is 212 g/mol. The number of benzene rings is 1. The number of pyridine rings is 1. The molecule has 4 heteroatoms. The van der Waals surface area contributed by atoms with Gasteiger partial charge in [0.1, 0.15) is 13.6 Å². The molecule has 3 nitrogen and oxygen atoms in total. The normalized spacial score (nSPS) is 9.81. The van der Waals surface area contributed by atoms with E-state index >= 15 is 0 Å². The number of para-hydroxylation sites is 1. The Labute approximate surface area is 95.9 Å². The Balaban J connectivity index is 2.30. The molecule has 1 aromatic heterocycles. The lowest BCUT2D eigenvalue weighted by Crippen LogP contribution is -2.06. The van der Waals surface area contributed by atoms with Gasteiger partial charge in [0.25, 0.3) is 0 Å². The molecule has 1 aromatic carbocycles. The van der Waals surface area contributed by atoms with Crippen LogP contribution in [0.3, 0.4) is 0 Å². The Morgan fingerprint density at radius 3 is 2.69 bits per heavy atom. The summed E-state index contributed by atoms with van der Waals surface area (Å²) in [5.41, 5.74) is 1.07. The summed E-state index contributed by atoms with van der Waals surface area (Å²) in [6, 6.07) is 11.6. The lowest BCUT2D eigenvalue weighted by molar-refractivity contribution is 0.483. The van der Waals surface area contributed by atoms with Crippen molar-refractivity contribution in [3.63, 3.8) is 0 Å². The predicted molar refractivity (Wildman–Crippen MR) is 68.5 cm³/mol. The van der Waals surface area contributed by atoms with Crippen molar-refractivity contribution >= 4 is 19.1 Å². The van der Waals surface area contributed by atoms with Gasteiger partial charge in [-0.2, -0.15) is 0 Å². The van der Waals surface area contributed by atoms with Crippen molar-refractivity contribution < 1.29 is 4.74 Å². The van der Waals surface area contributed by atoms with Crippen LogP contribution in [0.4, 0.5) is 5.82 Å². The van der Waals surface area contributed by atoms with E-state index in [4.69, 9.17) is 4.74 Å². The molecule has 0 fully saturated rings. The van der Waals surface area contributed by atoms with E-state index in [-0.39, 0.29) is 0 Å². The first-order valence-corrected chi connectivity index (χ1v) is 5.17. The molecule has 0 aliphatic carbocycles. The SMILES string of the molecule is Bc1cnc(NC)c(Oc2ccccc2)c1. The van der Waals surface area contributed by atoms with Crippen LogP contribution in [-0.4, -0.2) is 19.9 Å². The number of aromatic nitrogens is 1. The summed E-state index contributed by atoms with van der Waals surface area (Å²) in [4.78, 5) is 4.26. The van der Waals surface area contributed by atoms with E-state index in [1.54, 1.807) is 0 Å². The molecule has 0 spiro atoms. The summed E-state index contributed by atoms with van der Waals surface area (Å²) in [5.74, 6) is 2.30. The molecule has 0 radical (unpaired) electrons. The number of hydrogen-bond acceptors (Lipinski definition) is 3. The van der Waals surface area contributed by atoms with E-state index in [1.807, 2.05) is 57.5 Å². The minimum absolute atomic E-state index is 0.744. The number of rotatable bonds is 3. The molecule has 0 saturated carbocycles. The lowest BCUT2D eigenvalue weighted by Gasteiger charge is -2.10. The van der Waals surface area contributed by atoms with Gasteiger partial charge in [0.15, 0.2) is 11.6 Å². The molecule has 1 N–H and O–H groups in total. The first kappa shape index (κ1) is 10.5. The molecule has 0 unspecified atom stereocenters. The third-order valence-electron chi connectivity index (χ3n) is 2.20. The summed E-state index contributed by atoms with van der Waals surface area (Å²) in [6.07, 6.45) is 1.81. The van der Waals surface area contributed by atoms with Crippen molar-refractivity contribution in [3.05, 3.63) is 42.6 Å². The first-order chi connectivity index (χ1) is 7.79. The van der Waals surface area contributed by atoms with Gasteiger partial charge in [0.2, 0.25) is 0 Å². The van der Waals surface area contributed by atoms with Crippen LogP contribution in [0, 0.1) is 0 Å². The molecule has 0 aliphatic heterocycles. The largest absolute Gasteiger partial charge is 0.454 e. The highest BCUT2D eigenvalue weighted by molar-refractivity contribution is 6.32. The Morgan fingerprint density at radius 2 is 2.00 bits per heavy atom. The van der Waals surface area contributed by atoms with Crippen LogP contribution in [0.15, 0.2) is 42.6 Å². The average Bonchev–Trinajstić information content (AvgIpc) is 2.31. The number of anilines is 1. The molecule has 0 atom stereocenters. The summed E-state index contributed by atoms with van der Waals surface area (Å²) >= 11 is 0. The molecule has 16 heavy (non-hydrogen) atoms. The lowest BCUT2D eigenvalue weighted by atomic mass is 9.99. The minimum Gasteiger partial charge on any atom is -0.454 e. The maximum atomic E-state index is 5.76. The molecule has 0 aliphatic rings. The molecule has 0 saturated heterocycles. The number of nitrogens with one attached hydrogen (secondary N) is 1. The topological polar surface area (TPSA) is 34.2 Å². The number of hydrogen-bond donors (Lipinski definition) is 1. The van der Waals surface area contributed by atoms with Gasteiger partial charge in [-0.1, -0.05) is 23.7 Å². The molecule has 0 bridgehead atoms. The van der Waals surface area contributed by atoms with E-state index in [0.29, 0.717) is 0 Å². The van der Waals surface area contributed by atoms with Crippen LogP contribution < -0.4 is 15.5 Å². The van der Waals surface area contributed by atoms with Gasteiger partial charge in [-0.25, -0.2) is 4.98 Å². The van der Waals surface area contributed by atoms with Gasteiger partial charge in [-0.3, -0.25) is 0 Å². The summed E-state index contributed by atoms with van der Waals surface area (Å²) < 4.78 is 5.76. The van der Waals surface area contributed by atoms with E-state index in [9.17, 15) is 0 Å². The second-order valence-electron chi connectivity index (χ2n) is 3.52. The van der Waals surface area contributed by atoms with Crippen molar-refractivity contribution in [2.75, 3.05) is 12.4 Å². The highest BCUT2D eigenvalue weighted by Gasteiger charge is 2.04. The van der Waals surface area contributed by atoms with Gasteiger partial charge in [0, 0.05) is 13.2 Å². The highest BCUT2D eigenvalue weighted by Crippen LogP contribution is 2.25. The third kappa shape index (κ3) is 2.34. The van der Waals surface area contributed by atoms with Gasteiger partial charge in [-0.15, -0.1) is 0 Å². The Bertz CT molecular complexity index is 474. The first-order valence-electron chi connectivity index (χ1n) is 5.17. The van der Waals surface area contributed by atoms with Crippen LogP contribution in [0.5, 0.6) is 11.5 Å². The van der Waals surface area contributed by atoms with Gasteiger partial charge in [-0.05, 0) is 18.2 Å². The minimum atomic E-state index is 0.744. The third-order valence-corrected chi connectivity index (χ3v) is 2.20. The smallest absolute Gasteiger partial charge is 0.169 e. The summed E-state index contributed by atoms with van der Waals surface area (Å²) in [6.45, 7) is 0. The van der Waals surface area contributed by atoms with E-state index in [2.05, 4.69) is 10.3 Å². The maximum absolute atomic E-state index is 5.76. The van der Waals surface area contributed by atoms with Crippen LogP contribution in [0.2, 0.25) is 0 Å². The predicted octanol–water partition coefficient (Wildman–Crippen LogP) is 1.17. The quantitative estimate of drug-likeness (QED) is 0.775.